The molecule has 1 aliphatic heterocycles. The lowest BCUT2D eigenvalue weighted by Gasteiger charge is -2.25. The molecule has 1 fully saturated rings. The summed E-state index contributed by atoms with van der Waals surface area (Å²) in [6.45, 7) is 10.7. The van der Waals surface area contributed by atoms with Gasteiger partial charge >= 0.3 is 0 Å². The van der Waals surface area contributed by atoms with Crippen LogP contribution in [0.15, 0.2) is 0 Å². The van der Waals surface area contributed by atoms with Crippen LogP contribution in [0, 0.1) is 12.8 Å². The number of rotatable bonds is 3. The van der Waals surface area contributed by atoms with Crippen molar-refractivity contribution in [2.75, 3.05) is 23.7 Å². The van der Waals surface area contributed by atoms with Gasteiger partial charge in [-0.2, -0.15) is 0 Å². The van der Waals surface area contributed by atoms with Crippen LogP contribution >= 0.6 is 0 Å². The summed E-state index contributed by atoms with van der Waals surface area (Å²) < 4.78 is 0. The first-order valence-electron chi connectivity index (χ1n) is 7.91. The number of hydrogen-bond acceptors (Lipinski definition) is 4. The van der Waals surface area contributed by atoms with E-state index in [2.05, 4.69) is 30.7 Å². The van der Waals surface area contributed by atoms with Crippen molar-refractivity contribution in [1.29, 1.82) is 0 Å². The largest absolute Gasteiger partial charge is 0.383 e. The van der Waals surface area contributed by atoms with E-state index in [1.807, 2.05) is 6.92 Å². The third-order valence-electron chi connectivity index (χ3n) is 4.42. The Hall–Kier alpha value is -1.32. The molecule has 0 bridgehead atoms. The third kappa shape index (κ3) is 3.22. The third-order valence-corrected chi connectivity index (χ3v) is 4.42. The Kier molecular flexibility index (Phi) is 4.84. The molecule has 1 atom stereocenters. The van der Waals surface area contributed by atoms with Gasteiger partial charge in [0.2, 0.25) is 0 Å². The summed E-state index contributed by atoms with van der Waals surface area (Å²) >= 11 is 0. The van der Waals surface area contributed by atoms with Gasteiger partial charge in [0.05, 0.1) is 0 Å². The number of aromatic nitrogens is 2. The molecule has 1 saturated heterocycles. The van der Waals surface area contributed by atoms with Gasteiger partial charge in [0.15, 0.2) is 0 Å². The SMILES string of the molecule is CCC1CCCN(c2nc(C(C)C)nc(N)c2C)CC1. The van der Waals surface area contributed by atoms with Gasteiger partial charge in [-0.05, 0) is 32.1 Å². The van der Waals surface area contributed by atoms with E-state index in [9.17, 15) is 0 Å². The fourth-order valence-corrected chi connectivity index (χ4v) is 2.89. The normalized spacial score (nSPS) is 20.2. The summed E-state index contributed by atoms with van der Waals surface area (Å²) in [5, 5.41) is 0. The molecular weight excluding hydrogens is 248 g/mol. The summed E-state index contributed by atoms with van der Waals surface area (Å²) in [6.07, 6.45) is 5.13. The van der Waals surface area contributed by atoms with Crippen LogP contribution in [-0.4, -0.2) is 23.1 Å². The number of anilines is 2. The van der Waals surface area contributed by atoms with Crippen molar-refractivity contribution in [1.82, 2.24) is 9.97 Å². The lowest BCUT2D eigenvalue weighted by Crippen LogP contribution is -2.27. The molecule has 2 N–H and O–H groups in total. The molecule has 2 heterocycles. The van der Waals surface area contributed by atoms with Crippen LogP contribution in [0.25, 0.3) is 0 Å². The standard InChI is InChI=1S/C16H28N4/c1-5-13-7-6-9-20(10-8-13)16-12(4)14(17)18-15(19-16)11(2)3/h11,13H,5-10H2,1-4H3,(H2,17,18,19). The van der Waals surface area contributed by atoms with E-state index in [4.69, 9.17) is 10.7 Å². The maximum Gasteiger partial charge on any atom is 0.137 e. The summed E-state index contributed by atoms with van der Waals surface area (Å²) in [6, 6.07) is 0. The Bertz CT molecular complexity index is 456. The molecule has 4 nitrogen and oxygen atoms in total. The molecule has 20 heavy (non-hydrogen) atoms. The van der Waals surface area contributed by atoms with E-state index >= 15 is 0 Å². The summed E-state index contributed by atoms with van der Waals surface area (Å²) in [5.74, 6) is 3.73. The zero-order valence-corrected chi connectivity index (χ0v) is 13.3. The predicted octanol–water partition coefficient (Wildman–Crippen LogP) is 3.51. The highest BCUT2D eigenvalue weighted by Crippen LogP contribution is 2.28. The molecule has 0 saturated carbocycles. The van der Waals surface area contributed by atoms with Crippen molar-refractivity contribution < 1.29 is 0 Å². The Morgan fingerprint density at radius 3 is 2.65 bits per heavy atom. The maximum atomic E-state index is 6.08. The van der Waals surface area contributed by atoms with Crippen molar-refractivity contribution in [3.05, 3.63) is 11.4 Å². The Balaban J connectivity index is 2.27. The van der Waals surface area contributed by atoms with E-state index in [1.54, 1.807) is 0 Å². The number of nitrogens with zero attached hydrogens (tertiary/aromatic N) is 3. The molecule has 2 rings (SSSR count). The lowest BCUT2D eigenvalue weighted by atomic mass is 9.98. The van der Waals surface area contributed by atoms with Crippen LogP contribution in [0.1, 0.15) is 63.8 Å². The Morgan fingerprint density at radius 2 is 2.00 bits per heavy atom. The molecule has 1 aromatic rings. The van der Waals surface area contributed by atoms with Crippen LogP contribution in [-0.2, 0) is 0 Å². The maximum absolute atomic E-state index is 6.08. The first-order valence-corrected chi connectivity index (χ1v) is 7.91. The summed E-state index contributed by atoms with van der Waals surface area (Å²) in [5.41, 5.74) is 7.11. The Morgan fingerprint density at radius 1 is 1.25 bits per heavy atom. The van der Waals surface area contributed by atoms with Gasteiger partial charge in [0.1, 0.15) is 17.5 Å². The van der Waals surface area contributed by atoms with Gasteiger partial charge in [-0.1, -0.05) is 27.2 Å². The molecule has 0 radical (unpaired) electrons. The summed E-state index contributed by atoms with van der Waals surface area (Å²) in [4.78, 5) is 11.6. The van der Waals surface area contributed by atoms with E-state index in [0.29, 0.717) is 11.7 Å². The van der Waals surface area contributed by atoms with Crippen LogP contribution in [0.5, 0.6) is 0 Å². The van der Waals surface area contributed by atoms with Gasteiger partial charge in [0, 0.05) is 24.6 Å². The average Bonchev–Trinajstić information content (AvgIpc) is 2.66. The Labute approximate surface area is 122 Å². The van der Waals surface area contributed by atoms with Gasteiger partial charge in [-0.25, -0.2) is 9.97 Å². The molecule has 1 unspecified atom stereocenters. The second-order valence-electron chi connectivity index (χ2n) is 6.26. The van der Waals surface area contributed by atoms with Crippen molar-refractivity contribution >= 4 is 11.6 Å². The highest BCUT2D eigenvalue weighted by atomic mass is 15.2. The highest BCUT2D eigenvalue weighted by molar-refractivity contribution is 5.56. The molecule has 1 aromatic heterocycles. The number of nitrogens with two attached hydrogens (primary N) is 1. The quantitative estimate of drug-likeness (QED) is 0.918. The predicted molar refractivity (Wildman–Crippen MR) is 85.1 cm³/mol. The van der Waals surface area contributed by atoms with Crippen molar-refractivity contribution in [3.8, 4) is 0 Å². The average molecular weight is 276 g/mol. The molecule has 0 aromatic carbocycles. The van der Waals surface area contributed by atoms with E-state index < -0.39 is 0 Å². The molecule has 1 aliphatic rings. The van der Waals surface area contributed by atoms with Gasteiger partial charge in [-0.3, -0.25) is 0 Å². The molecule has 0 spiro atoms. The summed E-state index contributed by atoms with van der Waals surface area (Å²) in [7, 11) is 0. The molecule has 112 valence electrons. The minimum atomic E-state index is 0.312. The smallest absolute Gasteiger partial charge is 0.137 e. The minimum absolute atomic E-state index is 0.312. The molecule has 4 heteroatoms. The van der Waals surface area contributed by atoms with E-state index in [0.717, 1.165) is 36.2 Å². The topological polar surface area (TPSA) is 55.0 Å². The lowest BCUT2D eigenvalue weighted by molar-refractivity contribution is 0.459. The monoisotopic (exact) mass is 276 g/mol. The number of nitrogen functional groups attached to an aromatic ring is 1. The van der Waals surface area contributed by atoms with Crippen molar-refractivity contribution in [2.24, 2.45) is 5.92 Å². The second-order valence-corrected chi connectivity index (χ2v) is 6.26. The first kappa shape index (κ1) is 15.1. The zero-order chi connectivity index (χ0) is 14.7. The van der Waals surface area contributed by atoms with E-state index in [-0.39, 0.29) is 0 Å². The molecule has 0 aliphatic carbocycles. The van der Waals surface area contributed by atoms with Crippen molar-refractivity contribution in [2.45, 2.75) is 59.3 Å². The van der Waals surface area contributed by atoms with Crippen LogP contribution < -0.4 is 10.6 Å². The van der Waals surface area contributed by atoms with Crippen molar-refractivity contribution in [3.63, 3.8) is 0 Å². The second kappa shape index (κ2) is 6.42. The minimum Gasteiger partial charge on any atom is -0.383 e. The fourth-order valence-electron chi connectivity index (χ4n) is 2.89. The zero-order valence-electron chi connectivity index (χ0n) is 13.3. The number of hydrogen-bond donors (Lipinski definition) is 1. The van der Waals surface area contributed by atoms with Gasteiger partial charge in [0.25, 0.3) is 0 Å². The molecule has 0 amide bonds. The fraction of sp³-hybridized carbons (Fsp3) is 0.750. The van der Waals surface area contributed by atoms with E-state index in [1.165, 1.54) is 25.7 Å². The van der Waals surface area contributed by atoms with Crippen LogP contribution in [0.2, 0.25) is 0 Å². The van der Waals surface area contributed by atoms with Gasteiger partial charge in [-0.15, -0.1) is 0 Å². The van der Waals surface area contributed by atoms with Crippen LogP contribution in [0.3, 0.4) is 0 Å². The van der Waals surface area contributed by atoms with Crippen LogP contribution in [0.4, 0.5) is 11.6 Å². The molecular formula is C16H28N4. The highest BCUT2D eigenvalue weighted by Gasteiger charge is 2.20. The first-order chi connectivity index (χ1) is 9.52. The van der Waals surface area contributed by atoms with Gasteiger partial charge < -0.3 is 10.6 Å².